The van der Waals surface area contributed by atoms with E-state index in [1.807, 2.05) is 7.05 Å². The van der Waals surface area contributed by atoms with Crippen LogP contribution >= 0.6 is 0 Å². The maximum Gasteiger partial charge on any atom is 0.133 e. The highest BCUT2D eigenvalue weighted by Gasteiger charge is 2.10. The standard InChI is InChI=1S/C20H27NO/c1-13-7-14(2)9-19(8-13)22-20-15(3)10-18(11-16(20)4)12-17(5)21-6/h7-11,17,21H,12H2,1-6H3. The van der Waals surface area contributed by atoms with E-state index in [0.29, 0.717) is 6.04 Å². The van der Waals surface area contributed by atoms with Gasteiger partial charge < -0.3 is 10.1 Å². The molecule has 2 nitrogen and oxygen atoms in total. The zero-order chi connectivity index (χ0) is 16.3. The van der Waals surface area contributed by atoms with E-state index in [4.69, 9.17) is 4.74 Å². The minimum atomic E-state index is 0.477. The lowest BCUT2D eigenvalue weighted by Gasteiger charge is -2.16. The van der Waals surface area contributed by atoms with Crippen LogP contribution in [0.1, 0.15) is 34.7 Å². The van der Waals surface area contributed by atoms with E-state index in [0.717, 1.165) is 17.9 Å². The minimum Gasteiger partial charge on any atom is -0.457 e. The summed E-state index contributed by atoms with van der Waals surface area (Å²) in [6.45, 7) is 10.6. The maximum absolute atomic E-state index is 6.17. The van der Waals surface area contributed by atoms with Gasteiger partial charge in [-0.25, -0.2) is 0 Å². The van der Waals surface area contributed by atoms with Crippen molar-refractivity contribution in [2.45, 2.75) is 47.1 Å². The van der Waals surface area contributed by atoms with Crippen LogP contribution in [0, 0.1) is 27.7 Å². The van der Waals surface area contributed by atoms with Crippen molar-refractivity contribution in [1.29, 1.82) is 0 Å². The molecule has 1 unspecified atom stereocenters. The number of likely N-dealkylation sites (N-methyl/N-ethyl adjacent to an activating group) is 1. The first kappa shape index (κ1) is 16.6. The summed E-state index contributed by atoms with van der Waals surface area (Å²) in [7, 11) is 2.00. The third kappa shape index (κ3) is 4.11. The van der Waals surface area contributed by atoms with Crippen LogP contribution in [0.15, 0.2) is 30.3 Å². The number of rotatable bonds is 5. The quantitative estimate of drug-likeness (QED) is 0.850. The Labute approximate surface area is 134 Å². The van der Waals surface area contributed by atoms with Crippen LogP contribution in [0.4, 0.5) is 0 Å². The molecule has 2 rings (SSSR count). The van der Waals surface area contributed by atoms with Gasteiger partial charge in [-0.3, -0.25) is 0 Å². The van der Waals surface area contributed by atoms with Gasteiger partial charge in [-0.05, 0) is 88.0 Å². The van der Waals surface area contributed by atoms with Crippen LogP contribution in [0.25, 0.3) is 0 Å². The average Bonchev–Trinajstić information content (AvgIpc) is 2.41. The summed E-state index contributed by atoms with van der Waals surface area (Å²) in [6.07, 6.45) is 1.03. The van der Waals surface area contributed by atoms with Gasteiger partial charge in [0.15, 0.2) is 0 Å². The highest BCUT2D eigenvalue weighted by Crippen LogP contribution is 2.31. The average molecular weight is 297 g/mol. The summed E-state index contributed by atoms with van der Waals surface area (Å²) in [4.78, 5) is 0. The summed E-state index contributed by atoms with van der Waals surface area (Å²) in [5, 5.41) is 3.29. The van der Waals surface area contributed by atoms with Crippen LogP contribution in [0.2, 0.25) is 0 Å². The molecule has 0 amide bonds. The third-order valence-electron chi connectivity index (χ3n) is 3.97. The lowest BCUT2D eigenvalue weighted by Crippen LogP contribution is -2.23. The second-order valence-electron chi connectivity index (χ2n) is 6.38. The van der Waals surface area contributed by atoms with Gasteiger partial charge >= 0.3 is 0 Å². The molecule has 0 bridgehead atoms. The molecule has 0 aliphatic carbocycles. The van der Waals surface area contributed by atoms with Gasteiger partial charge in [0.25, 0.3) is 0 Å². The second kappa shape index (κ2) is 6.97. The van der Waals surface area contributed by atoms with Crippen LogP contribution in [0.3, 0.4) is 0 Å². The molecule has 0 saturated heterocycles. The second-order valence-corrected chi connectivity index (χ2v) is 6.38. The zero-order valence-electron chi connectivity index (χ0n) is 14.6. The van der Waals surface area contributed by atoms with Crippen molar-refractivity contribution in [2.24, 2.45) is 0 Å². The fourth-order valence-corrected chi connectivity index (χ4v) is 2.88. The summed E-state index contributed by atoms with van der Waals surface area (Å²) in [6, 6.07) is 11.3. The van der Waals surface area contributed by atoms with Crippen LogP contribution < -0.4 is 10.1 Å². The molecule has 0 fully saturated rings. The summed E-state index contributed by atoms with van der Waals surface area (Å²) in [5.74, 6) is 1.89. The predicted octanol–water partition coefficient (Wildman–Crippen LogP) is 4.86. The first-order valence-electron chi connectivity index (χ1n) is 7.92. The monoisotopic (exact) mass is 297 g/mol. The van der Waals surface area contributed by atoms with Gasteiger partial charge in [-0.2, -0.15) is 0 Å². The highest BCUT2D eigenvalue weighted by molar-refractivity contribution is 5.47. The maximum atomic E-state index is 6.17. The fourth-order valence-electron chi connectivity index (χ4n) is 2.88. The molecule has 0 saturated carbocycles. The Bertz CT molecular complexity index is 617. The molecule has 0 aliphatic heterocycles. The Morgan fingerprint density at radius 1 is 0.909 bits per heavy atom. The molecule has 0 spiro atoms. The van der Waals surface area contributed by atoms with Crippen molar-refractivity contribution < 1.29 is 4.74 Å². The van der Waals surface area contributed by atoms with Gasteiger partial charge in [-0.15, -0.1) is 0 Å². The molecule has 0 heterocycles. The Morgan fingerprint density at radius 2 is 1.45 bits per heavy atom. The number of benzene rings is 2. The lowest BCUT2D eigenvalue weighted by molar-refractivity contribution is 0.473. The molecule has 0 aromatic heterocycles. The van der Waals surface area contributed by atoms with E-state index in [-0.39, 0.29) is 0 Å². The smallest absolute Gasteiger partial charge is 0.133 e. The number of hydrogen-bond acceptors (Lipinski definition) is 2. The van der Waals surface area contributed by atoms with Crippen molar-refractivity contribution in [3.63, 3.8) is 0 Å². The van der Waals surface area contributed by atoms with E-state index in [2.05, 4.69) is 70.3 Å². The Kier molecular flexibility index (Phi) is 5.25. The Morgan fingerprint density at radius 3 is 1.95 bits per heavy atom. The van der Waals surface area contributed by atoms with Gasteiger partial charge in [0.1, 0.15) is 11.5 Å². The van der Waals surface area contributed by atoms with Crippen molar-refractivity contribution >= 4 is 0 Å². The van der Waals surface area contributed by atoms with Crippen LogP contribution in [-0.2, 0) is 6.42 Å². The number of aryl methyl sites for hydroxylation is 4. The summed E-state index contributed by atoms with van der Waals surface area (Å²) < 4.78 is 6.17. The van der Waals surface area contributed by atoms with E-state index >= 15 is 0 Å². The molecule has 2 aromatic rings. The molecular weight excluding hydrogens is 270 g/mol. The molecule has 118 valence electrons. The van der Waals surface area contributed by atoms with Gasteiger partial charge in [0.2, 0.25) is 0 Å². The lowest BCUT2D eigenvalue weighted by atomic mass is 10.0. The first-order valence-corrected chi connectivity index (χ1v) is 7.92. The predicted molar refractivity (Wildman–Crippen MR) is 94.1 cm³/mol. The van der Waals surface area contributed by atoms with Crippen molar-refractivity contribution in [1.82, 2.24) is 5.32 Å². The number of ether oxygens (including phenoxy) is 1. The summed E-state index contributed by atoms with van der Waals surface area (Å²) in [5.41, 5.74) is 6.19. The van der Waals surface area contributed by atoms with E-state index < -0.39 is 0 Å². The summed E-state index contributed by atoms with van der Waals surface area (Å²) >= 11 is 0. The molecule has 0 radical (unpaired) electrons. The van der Waals surface area contributed by atoms with E-state index in [1.54, 1.807) is 0 Å². The van der Waals surface area contributed by atoms with E-state index in [1.165, 1.54) is 27.8 Å². The van der Waals surface area contributed by atoms with Gasteiger partial charge in [-0.1, -0.05) is 18.2 Å². The number of hydrogen-bond donors (Lipinski definition) is 1. The molecular formula is C20H27NO. The van der Waals surface area contributed by atoms with Crippen molar-refractivity contribution in [3.05, 3.63) is 58.1 Å². The van der Waals surface area contributed by atoms with Crippen molar-refractivity contribution in [3.8, 4) is 11.5 Å². The largest absolute Gasteiger partial charge is 0.457 e. The fraction of sp³-hybridized carbons (Fsp3) is 0.400. The topological polar surface area (TPSA) is 21.3 Å². The third-order valence-corrected chi connectivity index (χ3v) is 3.97. The molecule has 1 atom stereocenters. The number of nitrogens with one attached hydrogen (secondary N) is 1. The van der Waals surface area contributed by atoms with Crippen LogP contribution in [0.5, 0.6) is 11.5 Å². The molecule has 2 heteroatoms. The first-order chi connectivity index (χ1) is 10.4. The Balaban J connectivity index is 2.28. The molecule has 22 heavy (non-hydrogen) atoms. The van der Waals surface area contributed by atoms with Gasteiger partial charge in [0, 0.05) is 6.04 Å². The molecule has 0 aliphatic rings. The zero-order valence-corrected chi connectivity index (χ0v) is 14.6. The Hall–Kier alpha value is -1.80. The highest BCUT2D eigenvalue weighted by atomic mass is 16.5. The molecule has 1 N–H and O–H groups in total. The normalized spacial score (nSPS) is 12.3. The van der Waals surface area contributed by atoms with E-state index in [9.17, 15) is 0 Å². The SMILES string of the molecule is CNC(C)Cc1cc(C)c(Oc2cc(C)cc(C)c2)c(C)c1. The minimum absolute atomic E-state index is 0.477. The molecule has 2 aromatic carbocycles. The van der Waals surface area contributed by atoms with Crippen molar-refractivity contribution in [2.75, 3.05) is 7.05 Å². The van der Waals surface area contributed by atoms with Gasteiger partial charge in [0.05, 0.1) is 0 Å². The van der Waals surface area contributed by atoms with Crippen LogP contribution in [-0.4, -0.2) is 13.1 Å².